The molecule has 2 aromatic rings. The molecule has 1 aliphatic heterocycles. The first kappa shape index (κ1) is 20.1. The molecule has 28 heavy (non-hydrogen) atoms. The number of carbonyl (C=O) groups is 1. The van der Waals surface area contributed by atoms with Crippen molar-refractivity contribution in [1.82, 2.24) is 10.3 Å². The van der Waals surface area contributed by atoms with Crippen LogP contribution in [0.25, 0.3) is 0 Å². The number of carbonyl (C=O) groups excluding carboxylic acids is 1. The van der Waals surface area contributed by atoms with Gasteiger partial charge >= 0.3 is 0 Å². The SMILES string of the molecule is CCCCOc1ccc(C(=O)Nc2cnc(N3CCC(NC)C3)cc2C)cc1. The molecule has 0 radical (unpaired) electrons. The molecule has 1 aromatic heterocycles. The van der Waals surface area contributed by atoms with Crippen molar-refractivity contribution in [3.8, 4) is 5.75 Å². The maximum atomic E-state index is 12.6. The van der Waals surface area contributed by atoms with Crippen LogP contribution in [-0.4, -0.2) is 43.7 Å². The van der Waals surface area contributed by atoms with Crippen molar-refractivity contribution in [1.29, 1.82) is 0 Å². The Labute approximate surface area is 167 Å². The van der Waals surface area contributed by atoms with Gasteiger partial charge in [0.15, 0.2) is 0 Å². The van der Waals surface area contributed by atoms with Gasteiger partial charge < -0.3 is 20.3 Å². The molecule has 1 aromatic carbocycles. The van der Waals surface area contributed by atoms with E-state index in [-0.39, 0.29) is 5.91 Å². The first-order chi connectivity index (χ1) is 13.6. The highest BCUT2D eigenvalue weighted by Gasteiger charge is 2.22. The summed E-state index contributed by atoms with van der Waals surface area (Å²) in [4.78, 5) is 19.4. The van der Waals surface area contributed by atoms with Crippen LogP contribution < -0.4 is 20.3 Å². The van der Waals surface area contributed by atoms with E-state index in [2.05, 4.69) is 27.4 Å². The molecule has 2 heterocycles. The topological polar surface area (TPSA) is 66.5 Å². The Morgan fingerprint density at radius 3 is 2.75 bits per heavy atom. The molecule has 6 heteroatoms. The van der Waals surface area contributed by atoms with Gasteiger partial charge in [-0.25, -0.2) is 4.98 Å². The number of rotatable bonds is 8. The third kappa shape index (κ3) is 5.01. The maximum absolute atomic E-state index is 12.6. The normalized spacial score (nSPS) is 16.2. The van der Waals surface area contributed by atoms with E-state index in [0.717, 1.165) is 55.2 Å². The van der Waals surface area contributed by atoms with Crippen molar-refractivity contribution in [3.05, 3.63) is 47.7 Å². The zero-order valence-electron chi connectivity index (χ0n) is 17.0. The lowest BCUT2D eigenvalue weighted by Crippen LogP contribution is -2.29. The third-order valence-corrected chi connectivity index (χ3v) is 5.15. The van der Waals surface area contributed by atoms with Gasteiger partial charge in [-0.3, -0.25) is 4.79 Å². The van der Waals surface area contributed by atoms with Gasteiger partial charge in [0.05, 0.1) is 18.5 Å². The molecule has 1 fully saturated rings. The molecular weight excluding hydrogens is 352 g/mol. The monoisotopic (exact) mass is 382 g/mol. The predicted molar refractivity (Wildman–Crippen MR) is 113 cm³/mol. The Bertz CT molecular complexity index is 792. The quantitative estimate of drug-likeness (QED) is 0.683. The average Bonchev–Trinajstić information content (AvgIpc) is 3.19. The minimum atomic E-state index is -0.144. The molecule has 1 unspecified atom stereocenters. The van der Waals surface area contributed by atoms with Crippen LogP contribution in [0.4, 0.5) is 11.5 Å². The van der Waals surface area contributed by atoms with E-state index in [9.17, 15) is 4.79 Å². The number of nitrogens with one attached hydrogen (secondary N) is 2. The van der Waals surface area contributed by atoms with Crippen LogP contribution in [-0.2, 0) is 0 Å². The summed E-state index contributed by atoms with van der Waals surface area (Å²) < 4.78 is 5.65. The maximum Gasteiger partial charge on any atom is 0.255 e. The summed E-state index contributed by atoms with van der Waals surface area (Å²) in [6, 6.07) is 9.80. The number of aromatic nitrogens is 1. The van der Waals surface area contributed by atoms with E-state index in [1.807, 2.05) is 32.2 Å². The summed E-state index contributed by atoms with van der Waals surface area (Å²) >= 11 is 0. The lowest BCUT2D eigenvalue weighted by atomic mass is 10.2. The van der Waals surface area contributed by atoms with E-state index >= 15 is 0 Å². The molecule has 0 saturated carbocycles. The van der Waals surface area contributed by atoms with Crippen LogP contribution in [0.15, 0.2) is 36.5 Å². The number of ether oxygens (including phenoxy) is 1. The van der Waals surface area contributed by atoms with Crippen molar-refractivity contribution in [2.45, 2.75) is 39.2 Å². The Balaban J connectivity index is 1.61. The van der Waals surface area contributed by atoms with Gasteiger partial charge in [-0.2, -0.15) is 0 Å². The lowest BCUT2D eigenvalue weighted by Gasteiger charge is -2.19. The number of benzene rings is 1. The second-order valence-electron chi connectivity index (χ2n) is 7.26. The van der Waals surface area contributed by atoms with Gasteiger partial charge in [-0.15, -0.1) is 0 Å². The number of unbranched alkanes of at least 4 members (excludes halogenated alkanes) is 1. The lowest BCUT2D eigenvalue weighted by molar-refractivity contribution is 0.102. The highest BCUT2D eigenvalue weighted by Crippen LogP contribution is 2.23. The molecule has 1 saturated heterocycles. The van der Waals surface area contributed by atoms with Crippen LogP contribution >= 0.6 is 0 Å². The summed E-state index contributed by atoms with van der Waals surface area (Å²) in [6.45, 7) is 6.78. The number of nitrogens with zero attached hydrogens (tertiary/aromatic N) is 2. The van der Waals surface area contributed by atoms with Crippen molar-refractivity contribution in [2.24, 2.45) is 0 Å². The van der Waals surface area contributed by atoms with Gasteiger partial charge in [0, 0.05) is 24.7 Å². The second kappa shape index (κ2) is 9.55. The molecule has 0 aliphatic carbocycles. The molecule has 3 rings (SSSR count). The largest absolute Gasteiger partial charge is 0.494 e. The number of aryl methyl sites for hydroxylation is 1. The van der Waals surface area contributed by atoms with Crippen LogP contribution in [0.2, 0.25) is 0 Å². The third-order valence-electron chi connectivity index (χ3n) is 5.15. The summed E-state index contributed by atoms with van der Waals surface area (Å²) in [7, 11) is 2.00. The number of amides is 1. The number of likely N-dealkylation sites (N-methyl/N-ethyl adjacent to an activating group) is 1. The van der Waals surface area contributed by atoms with Gasteiger partial charge in [-0.05, 0) is 62.7 Å². The Morgan fingerprint density at radius 1 is 1.32 bits per heavy atom. The Morgan fingerprint density at radius 2 is 2.11 bits per heavy atom. The summed E-state index contributed by atoms with van der Waals surface area (Å²) in [6.07, 6.45) is 4.99. The minimum Gasteiger partial charge on any atom is -0.494 e. The van der Waals surface area contributed by atoms with Crippen molar-refractivity contribution >= 4 is 17.4 Å². The van der Waals surface area contributed by atoms with Crippen LogP contribution in [0.1, 0.15) is 42.1 Å². The van der Waals surface area contributed by atoms with Crippen molar-refractivity contribution < 1.29 is 9.53 Å². The van der Waals surface area contributed by atoms with Gasteiger partial charge in [0.1, 0.15) is 11.6 Å². The molecular formula is C22H30N4O2. The summed E-state index contributed by atoms with van der Waals surface area (Å²) in [5.41, 5.74) is 2.34. The number of pyridine rings is 1. The standard InChI is InChI=1S/C22H30N4O2/c1-4-5-12-28-19-8-6-17(7-9-19)22(27)25-20-14-24-21(13-16(20)2)26-11-10-18(15-26)23-3/h6-9,13-14,18,23H,4-5,10-12,15H2,1-3H3,(H,25,27). The Kier molecular flexibility index (Phi) is 6.87. The Hall–Kier alpha value is -2.60. The molecule has 6 nitrogen and oxygen atoms in total. The van der Waals surface area contributed by atoms with E-state index in [0.29, 0.717) is 18.2 Å². The highest BCUT2D eigenvalue weighted by molar-refractivity contribution is 6.04. The minimum absolute atomic E-state index is 0.144. The van der Waals surface area contributed by atoms with E-state index in [4.69, 9.17) is 4.74 Å². The molecule has 1 amide bonds. The molecule has 0 spiro atoms. The zero-order valence-corrected chi connectivity index (χ0v) is 17.0. The first-order valence-corrected chi connectivity index (χ1v) is 10.0. The fourth-order valence-corrected chi connectivity index (χ4v) is 3.28. The smallest absolute Gasteiger partial charge is 0.255 e. The van der Waals surface area contributed by atoms with Gasteiger partial charge in [-0.1, -0.05) is 13.3 Å². The van der Waals surface area contributed by atoms with Crippen LogP contribution in [0.3, 0.4) is 0 Å². The summed E-state index contributed by atoms with van der Waals surface area (Å²) in [5, 5.41) is 6.28. The predicted octanol–water partition coefficient (Wildman–Crippen LogP) is 3.62. The van der Waals surface area contributed by atoms with Gasteiger partial charge in [0.25, 0.3) is 5.91 Å². The number of hydrogen-bond acceptors (Lipinski definition) is 5. The van der Waals surface area contributed by atoms with E-state index in [1.165, 1.54) is 0 Å². The molecule has 1 atom stereocenters. The second-order valence-corrected chi connectivity index (χ2v) is 7.26. The average molecular weight is 383 g/mol. The molecule has 150 valence electrons. The molecule has 1 aliphatic rings. The van der Waals surface area contributed by atoms with E-state index < -0.39 is 0 Å². The van der Waals surface area contributed by atoms with Gasteiger partial charge in [0.2, 0.25) is 0 Å². The first-order valence-electron chi connectivity index (χ1n) is 10.0. The summed E-state index contributed by atoms with van der Waals surface area (Å²) in [5.74, 6) is 1.61. The molecule has 2 N–H and O–H groups in total. The van der Waals surface area contributed by atoms with Crippen molar-refractivity contribution in [2.75, 3.05) is 37.0 Å². The van der Waals surface area contributed by atoms with Crippen molar-refractivity contribution in [3.63, 3.8) is 0 Å². The fourth-order valence-electron chi connectivity index (χ4n) is 3.28. The fraction of sp³-hybridized carbons (Fsp3) is 0.455. The number of hydrogen-bond donors (Lipinski definition) is 2. The van der Waals surface area contributed by atoms with Crippen LogP contribution in [0, 0.1) is 6.92 Å². The van der Waals surface area contributed by atoms with E-state index in [1.54, 1.807) is 18.3 Å². The number of anilines is 2. The highest BCUT2D eigenvalue weighted by atomic mass is 16.5. The molecule has 0 bridgehead atoms. The zero-order chi connectivity index (χ0) is 19.9. The van der Waals surface area contributed by atoms with Crippen LogP contribution in [0.5, 0.6) is 5.75 Å².